The van der Waals surface area contributed by atoms with Crippen LogP contribution < -0.4 is 9.47 Å². The molecule has 0 amide bonds. The fourth-order valence-corrected chi connectivity index (χ4v) is 1.51. The van der Waals surface area contributed by atoms with Crippen molar-refractivity contribution < 1.29 is 19.0 Å². The number of phenolic OH excluding ortho intramolecular Hbond substituents is 1. The highest BCUT2D eigenvalue weighted by molar-refractivity contribution is 5.33. The van der Waals surface area contributed by atoms with Crippen LogP contribution in [0.5, 0.6) is 17.2 Å². The highest BCUT2D eigenvalue weighted by Gasteiger charge is 2.04. The first kappa shape index (κ1) is 12.2. The van der Waals surface area contributed by atoms with Crippen molar-refractivity contribution in [3.63, 3.8) is 0 Å². The first-order valence-corrected chi connectivity index (χ1v) is 5.43. The predicted molar refractivity (Wildman–Crippen MR) is 65.4 cm³/mol. The van der Waals surface area contributed by atoms with Gasteiger partial charge in [-0.05, 0) is 24.3 Å². The van der Waals surface area contributed by atoms with Gasteiger partial charge in [-0.2, -0.15) is 0 Å². The Balaban J connectivity index is 2.06. The van der Waals surface area contributed by atoms with Crippen LogP contribution in [0.1, 0.15) is 5.56 Å². The van der Waals surface area contributed by atoms with Crippen molar-refractivity contribution in [1.29, 1.82) is 0 Å². The monoisotopic (exact) mass is 248 g/mol. The van der Waals surface area contributed by atoms with Gasteiger partial charge in [-0.25, -0.2) is 4.39 Å². The number of rotatable bonds is 4. The molecule has 0 aliphatic carbocycles. The van der Waals surface area contributed by atoms with Crippen LogP contribution in [0.4, 0.5) is 4.39 Å². The molecule has 2 aromatic carbocycles. The Hall–Kier alpha value is -2.23. The minimum atomic E-state index is -0.488. The molecule has 94 valence electrons. The van der Waals surface area contributed by atoms with E-state index >= 15 is 0 Å². The summed E-state index contributed by atoms with van der Waals surface area (Å²) in [6, 6.07) is 11.1. The summed E-state index contributed by atoms with van der Waals surface area (Å²) < 4.78 is 23.9. The van der Waals surface area contributed by atoms with Crippen molar-refractivity contribution in [2.24, 2.45) is 0 Å². The maximum absolute atomic E-state index is 13.4. The lowest BCUT2D eigenvalue weighted by molar-refractivity contribution is 0.297. The fraction of sp³-hybridized carbons (Fsp3) is 0.143. The van der Waals surface area contributed by atoms with Crippen LogP contribution in [0.15, 0.2) is 42.5 Å². The van der Waals surface area contributed by atoms with E-state index in [0.717, 1.165) is 6.07 Å². The van der Waals surface area contributed by atoms with E-state index in [2.05, 4.69) is 0 Å². The van der Waals surface area contributed by atoms with Crippen molar-refractivity contribution in [3.8, 4) is 17.2 Å². The van der Waals surface area contributed by atoms with Crippen molar-refractivity contribution in [2.75, 3.05) is 7.11 Å². The minimum Gasteiger partial charge on any atom is -0.508 e. The number of ether oxygens (including phenoxy) is 2. The Labute approximate surface area is 104 Å². The number of hydrogen-bond acceptors (Lipinski definition) is 3. The largest absolute Gasteiger partial charge is 0.508 e. The molecule has 0 spiro atoms. The normalized spacial score (nSPS) is 10.1. The van der Waals surface area contributed by atoms with Gasteiger partial charge in [-0.1, -0.05) is 6.07 Å². The van der Waals surface area contributed by atoms with Gasteiger partial charge in [0.1, 0.15) is 29.7 Å². The zero-order chi connectivity index (χ0) is 13.0. The van der Waals surface area contributed by atoms with Gasteiger partial charge in [-0.3, -0.25) is 0 Å². The first-order chi connectivity index (χ1) is 8.69. The van der Waals surface area contributed by atoms with E-state index in [1.807, 2.05) is 0 Å². The predicted octanol–water partition coefficient (Wildman–Crippen LogP) is 3.12. The van der Waals surface area contributed by atoms with E-state index in [-0.39, 0.29) is 12.4 Å². The van der Waals surface area contributed by atoms with Crippen LogP contribution >= 0.6 is 0 Å². The topological polar surface area (TPSA) is 38.7 Å². The summed E-state index contributed by atoms with van der Waals surface area (Å²) in [5.74, 6) is 0.691. The lowest BCUT2D eigenvalue weighted by Gasteiger charge is -2.08. The maximum atomic E-state index is 13.4. The van der Waals surface area contributed by atoms with Crippen LogP contribution in [-0.2, 0) is 6.61 Å². The third kappa shape index (κ3) is 2.91. The number of phenols is 1. The third-order valence-corrected chi connectivity index (χ3v) is 2.47. The summed E-state index contributed by atoms with van der Waals surface area (Å²) >= 11 is 0. The zero-order valence-electron chi connectivity index (χ0n) is 9.89. The minimum absolute atomic E-state index is 0.0965. The molecule has 0 atom stereocenters. The summed E-state index contributed by atoms with van der Waals surface area (Å²) in [6.45, 7) is 0.0965. The lowest BCUT2D eigenvalue weighted by Crippen LogP contribution is -1.98. The van der Waals surface area contributed by atoms with Crippen molar-refractivity contribution in [2.45, 2.75) is 6.61 Å². The molecule has 0 fully saturated rings. The van der Waals surface area contributed by atoms with E-state index in [0.29, 0.717) is 17.1 Å². The quantitative estimate of drug-likeness (QED) is 0.903. The molecule has 0 heterocycles. The molecule has 0 aliphatic rings. The molecule has 0 saturated carbocycles. The number of hydrogen-bond donors (Lipinski definition) is 1. The van der Waals surface area contributed by atoms with E-state index in [4.69, 9.17) is 14.6 Å². The van der Waals surface area contributed by atoms with Crippen LogP contribution in [0, 0.1) is 5.82 Å². The van der Waals surface area contributed by atoms with Gasteiger partial charge in [0, 0.05) is 17.7 Å². The van der Waals surface area contributed by atoms with Crippen molar-refractivity contribution in [3.05, 3.63) is 53.8 Å². The Morgan fingerprint density at radius 3 is 2.61 bits per heavy atom. The van der Waals surface area contributed by atoms with Crippen LogP contribution in [0.3, 0.4) is 0 Å². The number of aromatic hydroxyl groups is 1. The average molecular weight is 248 g/mol. The first-order valence-electron chi connectivity index (χ1n) is 5.43. The van der Waals surface area contributed by atoms with Crippen molar-refractivity contribution in [1.82, 2.24) is 0 Å². The number of halogens is 1. The summed E-state index contributed by atoms with van der Waals surface area (Å²) in [4.78, 5) is 0. The molecule has 0 saturated heterocycles. The van der Waals surface area contributed by atoms with Gasteiger partial charge in [0.05, 0.1) is 7.11 Å². The van der Waals surface area contributed by atoms with Crippen LogP contribution in [0.2, 0.25) is 0 Å². The second-order valence-electron chi connectivity index (χ2n) is 3.74. The molecule has 0 aliphatic heterocycles. The van der Waals surface area contributed by atoms with Gasteiger partial charge in [-0.15, -0.1) is 0 Å². The maximum Gasteiger partial charge on any atom is 0.133 e. The summed E-state index contributed by atoms with van der Waals surface area (Å²) in [7, 11) is 1.57. The van der Waals surface area contributed by atoms with Gasteiger partial charge in [0.15, 0.2) is 0 Å². The third-order valence-electron chi connectivity index (χ3n) is 2.47. The second-order valence-corrected chi connectivity index (χ2v) is 3.74. The highest BCUT2D eigenvalue weighted by Crippen LogP contribution is 2.21. The second kappa shape index (κ2) is 5.40. The van der Waals surface area contributed by atoms with Crippen LogP contribution in [-0.4, -0.2) is 12.2 Å². The zero-order valence-corrected chi connectivity index (χ0v) is 9.89. The number of methoxy groups -OCH3 is 1. The molecule has 4 heteroatoms. The Kier molecular flexibility index (Phi) is 3.67. The van der Waals surface area contributed by atoms with E-state index < -0.39 is 5.82 Å². The highest BCUT2D eigenvalue weighted by atomic mass is 19.1. The average Bonchev–Trinajstić information content (AvgIpc) is 2.38. The standard InChI is InChI=1S/C14H13FO3/c1-17-12-3-2-4-13(8-12)18-9-10-5-6-11(16)7-14(10)15/h2-8,16H,9H2,1H3. The SMILES string of the molecule is COc1cccc(OCc2ccc(O)cc2F)c1. The van der Waals surface area contributed by atoms with Gasteiger partial charge >= 0.3 is 0 Å². The fourth-order valence-electron chi connectivity index (χ4n) is 1.51. The Bertz CT molecular complexity index is 540. The molecule has 1 N–H and O–H groups in total. The number of benzene rings is 2. The lowest BCUT2D eigenvalue weighted by atomic mass is 10.2. The molecular formula is C14H13FO3. The Morgan fingerprint density at radius 2 is 1.89 bits per heavy atom. The molecule has 0 radical (unpaired) electrons. The molecule has 2 aromatic rings. The van der Waals surface area contributed by atoms with Gasteiger partial charge in [0.25, 0.3) is 0 Å². The summed E-state index contributed by atoms with van der Waals surface area (Å²) in [5.41, 5.74) is 0.385. The summed E-state index contributed by atoms with van der Waals surface area (Å²) in [5, 5.41) is 9.09. The van der Waals surface area contributed by atoms with Crippen molar-refractivity contribution >= 4 is 0 Å². The summed E-state index contributed by atoms with van der Waals surface area (Å²) in [6.07, 6.45) is 0. The van der Waals surface area contributed by atoms with Crippen LogP contribution in [0.25, 0.3) is 0 Å². The van der Waals surface area contributed by atoms with Gasteiger partial charge in [0.2, 0.25) is 0 Å². The van der Waals surface area contributed by atoms with E-state index in [1.54, 1.807) is 31.4 Å². The smallest absolute Gasteiger partial charge is 0.133 e. The molecule has 18 heavy (non-hydrogen) atoms. The molecule has 0 unspecified atom stereocenters. The Morgan fingerprint density at radius 1 is 1.11 bits per heavy atom. The molecule has 0 bridgehead atoms. The molecule has 0 aromatic heterocycles. The molecule has 3 nitrogen and oxygen atoms in total. The van der Waals surface area contributed by atoms with Gasteiger partial charge < -0.3 is 14.6 Å². The van der Waals surface area contributed by atoms with E-state index in [9.17, 15) is 4.39 Å². The van der Waals surface area contributed by atoms with E-state index in [1.165, 1.54) is 12.1 Å². The molecular weight excluding hydrogens is 235 g/mol. The molecule has 2 rings (SSSR count).